The lowest BCUT2D eigenvalue weighted by atomic mass is 10.8. The first-order valence-electron chi connectivity index (χ1n) is 1.95. The van der Waals surface area contributed by atoms with Gasteiger partial charge in [0.25, 0.3) is 0 Å². The Morgan fingerprint density at radius 3 is 2.67 bits per heavy atom. The molecule has 1 aliphatic rings. The van der Waals surface area contributed by atoms with Gasteiger partial charge in [0.15, 0.2) is 0 Å². The molecule has 0 radical (unpaired) electrons. The molecule has 0 amide bonds. The number of hydrogen-bond acceptors (Lipinski definition) is 2. The lowest BCUT2D eigenvalue weighted by Gasteiger charge is -1.80. The monoisotopic (exact) mass is 121 g/mol. The van der Waals surface area contributed by atoms with Gasteiger partial charge in [-0.3, -0.25) is 0 Å². The molecule has 1 saturated heterocycles. The highest BCUT2D eigenvalue weighted by molar-refractivity contribution is 8.29. The summed E-state index contributed by atoms with van der Waals surface area (Å²) >= 11 is 4.97. The van der Waals surface area contributed by atoms with E-state index in [2.05, 4.69) is 5.32 Å². The van der Waals surface area contributed by atoms with Gasteiger partial charge in [-0.05, 0) is 0 Å². The van der Waals surface area contributed by atoms with Crippen molar-refractivity contribution in [3.05, 3.63) is 0 Å². The molecule has 0 aliphatic carbocycles. The molecular weight excluding hydrogens is 114 g/mol. The van der Waals surface area contributed by atoms with Crippen molar-refractivity contribution < 1.29 is 0 Å². The summed E-state index contributed by atoms with van der Waals surface area (Å²) in [5.74, 6) is 2.30. The van der Waals surface area contributed by atoms with E-state index < -0.39 is 0 Å². The summed E-state index contributed by atoms with van der Waals surface area (Å²) in [5.41, 5.74) is 0. The van der Waals surface area contributed by atoms with Crippen LogP contribution < -0.4 is 5.32 Å². The molecule has 0 spiro atoms. The Labute approximate surface area is 44.7 Å². The Bertz CT molecular complexity index is 63.2. The standard InChI is InChI=1S/C3H7NS2/c5-6-2-1-4-3-6/h4H,1-3H2. The third-order valence-corrected chi connectivity index (χ3v) is 2.81. The molecule has 1 fully saturated rings. The van der Waals surface area contributed by atoms with Gasteiger partial charge in [-0.1, -0.05) is 11.2 Å². The van der Waals surface area contributed by atoms with Gasteiger partial charge in [-0.15, -0.1) is 9.45 Å². The van der Waals surface area contributed by atoms with Crippen molar-refractivity contribution >= 4 is 20.6 Å². The fourth-order valence-corrected chi connectivity index (χ4v) is 1.83. The summed E-state index contributed by atoms with van der Waals surface area (Å²) in [6.07, 6.45) is 0. The minimum Gasteiger partial charge on any atom is -0.307 e. The Morgan fingerprint density at radius 1 is 1.67 bits per heavy atom. The summed E-state index contributed by atoms with van der Waals surface area (Å²) < 4.78 is 0. The Morgan fingerprint density at radius 2 is 2.50 bits per heavy atom. The molecule has 1 nitrogen and oxygen atoms in total. The van der Waals surface area contributed by atoms with Crippen LogP contribution in [0.25, 0.3) is 0 Å². The van der Waals surface area contributed by atoms with Crippen molar-refractivity contribution in [2.24, 2.45) is 0 Å². The highest BCUT2D eigenvalue weighted by Gasteiger charge is 1.99. The molecule has 6 heavy (non-hydrogen) atoms. The van der Waals surface area contributed by atoms with Crippen molar-refractivity contribution in [1.82, 2.24) is 5.32 Å². The lowest BCUT2D eigenvalue weighted by Crippen LogP contribution is -2.05. The van der Waals surface area contributed by atoms with Crippen molar-refractivity contribution in [3.63, 3.8) is 0 Å². The van der Waals surface area contributed by atoms with Gasteiger partial charge < -0.3 is 5.32 Å². The number of nitrogens with one attached hydrogen (secondary N) is 1. The van der Waals surface area contributed by atoms with Gasteiger partial charge in [-0.25, -0.2) is 0 Å². The Balaban J connectivity index is 2.37. The maximum atomic E-state index is 4.97. The van der Waals surface area contributed by atoms with E-state index in [0.29, 0.717) is 9.45 Å². The van der Waals surface area contributed by atoms with Gasteiger partial charge in [0, 0.05) is 18.2 Å². The van der Waals surface area contributed by atoms with Crippen LogP contribution >= 0.6 is 0 Å². The number of hydrogen-bond donors (Lipinski definition) is 1. The van der Waals surface area contributed by atoms with Gasteiger partial charge >= 0.3 is 0 Å². The second-order valence-corrected chi connectivity index (χ2v) is 4.28. The molecule has 0 aromatic carbocycles. The predicted molar refractivity (Wildman–Crippen MR) is 32.5 cm³/mol. The fourth-order valence-electron chi connectivity index (χ4n) is 0.444. The average molecular weight is 121 g/mol. The van der Waals surface area contributed by atoms with Gasteiger partial charge in [0.05, 0.1) is 0 Å². The minimum absolute atomic E-state index is 0.299. The first-order valence-corrected chi connectivity index (χ1v) is 4.44. The molecule has 0 bridgehead atoms. The zero-order chi connectivity index (χ0) is 4.41. The molecule has 1 unspecified atom stereocenters. The highest BCUT2D eigenvalue weighted by Crippen LogP contribution is 1.85. The van der Waals surface area contributed by atoms with Crippen LogP contribution in [0.3, 0.4) is 0 Å². The van der Waals surface area contributed by atoms with Crippen LogP contribution in [-0.4, -0.2) is 18.2 Å². The van der Waals surface area contributed by atoms with E-state index in [1.165, 1.54) is 5.75 Å². The summed E-state index contributed by atoms with van der Waals surface area (Å²) in [6.45, 7) is 1.15. The molecule has 36 valence electrons. The topological polar surface area (TPSA) is 12.0 Å². The molecule has 1 atom stereocenters. The zero-order valence-electron chi connectivity index (χ0n) is 3.44. The van der Waals surface area contributed by atoms with E-state index in [9.17, 15) is 0 Å². The van der Waals surface area contributed by atoms with Crippen LogP contribution in [0.4, 0.5) is 0 Å². The van der Waals surface area contributed by atoms with E-state index in [1.807, 2.05) is 0 Å². The van der Waals surface area contributed by atoms with Gasteiger partial charge in [-0.2, -0.15) is 0 Å². The van der Waals surface area contributed by atoms with E-state index in [1.54, 1.807) is 0 Å². The van der Waals surface area contributed by atoms with Gasteiger partial charge in [0.1, 0.15) is 0 Å². The summed E-state index contributed by atoms with van der Waals surface area (Å²) in [6, 6.07) is 0. The van der Waals surface area contributed by atoms with Crippen LogP contribution in [0, 0.1) is 0 Å². The molecule has 1 rings (SSSR count). The van der Waals surface area contributed by atoms with E-state index in [4.69, 9.17) is 11.2 Å². The second-order valence-electron chi connectivity index (χ2n) is 1.29. The summed E-state index contributed by atoms with van der Waals surface area (Å²) in [4.78, 5) is 0. The SMILES string of the molecule is S=S1CCNC1. The fraction of sp³-hybridized carbons (Fsp3) is 1.00. The maximum absolute atomic E-state index is 4.97. The molecule has 1 heterocycles. The third kappa shape index (κ3) is 0.996. The van der Waals surface area contributed by atoms with Crippen LogP contribution in [-0.2, 0) is 20.6 Å². The molecule has 1 aliphatic heterocycles. The van der Waals surface area contributed by atoms with E-state index in [0.717, 1.165) is 12.4 Å². The third-order valence-electron chi connectivity index (χ3n) is 0.770. The highest BCUT2D eigenvalue weighted by atomic mass is 32.8. The minimum atomic E-state index is 0.299. The maximum Gasteiger partial charge on any atom is 0.0465 e. The Kier molecular flexibility index (Phi) is 1.56. The molecule has 0 aromatic rings. The van der Waals surface area contributed by atoms with Crippen LogP contribution in [0.2, 0.25) is 0 Å². The van der Waals surface area contributed by atoms with Crippen molar-refractivity contribution in [2.45, 2.75) is 0 Å². The largest absolute Gasteiger partial charge is 0.307 e. The normalized spacial score (nSPS) is 34.3. The van der Waals surface area contributed by atoms with Crippen molar-refractivity contribution in [2.75, 3.05) is 18.2 Å². The number of rotatable bonds is 0. The lowest BCUT2D eigenvalue weighted by molar-refractivity contribution is 0.885. The van der Waals surface area contributed by atoms with Gasteiger partial charge in [0.2, 0.25) is 0 Å². The molecule has 0 saturated carbocycles. The van der Waals surface area contributed by atoms with Crippen molar-refractivity contribution in [3.8, 4) is 0 Å². The van der Waals surface area contributed by atoms with Crippen LogP contribution in [0.1, 0.15) is 0 Å². The van der Waals surface area contributed by atoms with E-state index >= 15 is 0 Å². The summed E-state index contributed by atoms with van der Waals surface area (Å²) in [5, 5.41) is 3.18. The van der Waals surface area contributed by atoms with Crippen LogP contribution in [0.5, 0.6) is 0 Å². The average Bonchev–Trinajstić information content (AvgIpc) is 1.86. The first-order chi connectivity index (χ1) is 2.89. The predicted octanol–water partition coefficient (Wildman–Crippen LogP) is -0.373. The molecule has 1 N–H and O–H groups in total. The molecular formula is C3H7NS2. The van der Waals surface area contributed by atoms with Crippen molar-refractivity contribution in [1.29, 1.82) is 0 Å². The van der Waals surface area contributed by atoms with Crippen LogP contribution in [0.15, 0.2) is 0 Å². The molecule has 3 heteroatoms. The Hall–Kier alpha value is 0.530. The molecule has 0 aromatic heterocycles. The zero-order valence-corrected chi connectivity index (χ0v) is 5.07. The second kappa shape index (κ2) is 2.00. The first kappa shape index (κ1) is 4.68. The summed E-state index contributed by atoms with van der Waals surface area (Å²) in [7, 11) is 0.299. The quantitative estimate of drug-likeness (QED) is 0.469. The smallest absolute Gasteiger partial charge is 0.0465 e. The van der Waals surface area contributed by atoms with E-state index in [-0.39, 0.29) is 0 Å².